The molecule has 2 aromatic carbocycles. The highest BCUT2D eigenvalue weighted by Crippen LogP contribution is 2.16. The Morgan fingerprint density at radius 1 is 0.821 bits per heavy atom. The van der Waals surface area contributed by atoms with E-state index < -0.39 is 0 Å². The number of unbranched alkanes of at least 4 members (excludes halogenated alkanes) is 4. The van der Waals surface area contributed by atoms with Crippen LogP contribution in [0.1, 0.15) is 66.7 Å². The van der Waals surface area contributed by atoms with Crippen molar-refractivity contribution in [2.45, 2.75) is 46.0 Å². The Morgan fingerprint density at radius 3 is 2.11 bits per heavy atom. The highest BCUT2D eigenvalue weighted by molar-refractivity contribution is 6.04. The van der Waals surface area contributed by atoms with Crippen molar-refractivity contribution in [3.05, 3.63) is 59.7 Å². The first kappa shape index (κ1) is 21.5. The van der Waals surface area contributed by atoms with Crippen LogP contribution in [0.25, 0.3) is 0 Å². The molecule has 0 fully saturated rings. The number of hydrogen-bond acceptors (Lipinski definition) is 4. The van der Waals surface area contributed by atoms with E-state index in [2.05, 4.69) is 12.2 Å². The Balaban J connectivity index is 1.81. The van der Waals surface area contributed by atoms with Crippen LogP contribution in [-0.2, 0) is 4.74 Å². The molecule has 150 valence electrons. The van der Waals surface area contributed by atoms with Crippen molar-refractivity contribution in [1.29, 1.82) is 0 Å². The summed E-state index contributed by atoms with van der Waals surface area (Å²) in [5.41, 5.74) is 1.62. The number of benzene rings is 2. The minimum Gasteiger partial charge on any atom is -0.494 e. The predicted molar refractivity (Wildman–Crippen MR) is 111 cm³/mol. The Kier molecular flexibility index (Phi) is 9.05. The molecule has 0 bridgehead atoms. The maximum absolute atomic E-state index is 12.4. The molecule has 2 rings (SSSR count). The monoisotopic (exact) mass is 383 g/mol. The molecule has 0 heterocycles. The zero-order chi connectivity index (χ0) is 20.2. The fraction of sp³-hybridized carbons (Fsp3) is 0.391. The summed E-state index contributed by atoms with van der Waals surface area (Å²) in [7, 11) is 0. The van der Waals surface area contributed by atoms with Crippen LogP contribution in [0.2, 0.25) is 0 Å². The summed E-state index contributed by atoms with van der Waals surface area (Å²) in [6.45, 7) is 4.99. The number of rotatable bonds is 11. The number of carbonyl (C=O) groups excluding carboxylic acids is 2. The van der Waals surface area contributed by atoms with E-state index in [4.69, 9.17) is 9.47 Å². The smallest absolute Gasteiger partial charge is 0.338 e. The van der Waals surface area contributed by atoms with Crippen LogP contribution >= 0.6 is 0 Å². The Hall–Kier alpha value is -2.82. The Morgan fingerprint density at radius 2 is 1.46 bits per heavy atom. The third-order valence-corrected chi connectivity index (χ3v) is 4.29. The van der Waals surface area contributed by atoms with Gasteiger partial charge < -0.3 is 14.8 Å². The van der Waals surface area contributed by atoms with Crippen molar-refractivity contribution in [3.63, 3.8) is 0 Å². The average molecular weight is 383 g/mol. The third kappa shape index (κ3) is 7.06. The van der Waals surface area contributed by atoms with Crippen LogP contribution in [0.4, 0.5) is 5.69 Å². The van der Waals surface area contributed by atoms with Crippen molar-refractivity contribution < 1.29 is 19.1 Å². The van der Waals surface area contributed by atoms with E-state index in [0.29, 0.717) is 30.0 Å². The molecule has 2 aromatic rings. The molecule has 5 heteroatoms. The largest absolute Gasteiger partial charge is 0.494 e. The first-order chi connectivity index (χ1) is 13.6. The summed E-state index contributed by atoms with van der Waals surface area (Å²) in [5.74, 6) is 0.183. The SMILES string of the molecule is CCCCCCCOc1ccc(C(=O)Nc2ccc(C(=O)OCC)cc2)cc1. The minimum absolute atomic E-state index is 0.213. The van der Waals surface area contributed by atoms with Crippen molar-refractivity contribution in [2.24, 2.45) is 0 Å². The molecular weight excluding hydrogens is 354 g/mol. The summed E-state index contributed by atoms with van der Waals surface area (Å²) in [5, 5.41) is 2.82. The van der Waals surface area contributed by atoms with Gasteiger partial charge in [-0.15, -0.1) is 0 Å². The van der Waals surface area contributed by atoms with Crippen LogP contribution in [0.3, 0.4) is 0 Å². The molecule has 0 aromatic heterocycles. The molecule has 0 radical (unpaired) electrons. The quantitative estimate of drug-likeness (QED) is 0.413. The zero-order valence-corrected chi connectivity index (χ0v) is 16.7. The predicted octanol–water partition coefficient (Wildman–Crippen LogP) is 5.46. The van der Waals surface area contributed by atoms with Gasteiger partial charge in [0.1, 0.15) is 5.75 Å². The maximum atomic E-state index is 12.4. The molecule has 0 unspecified atom stereocenters. The first-order valence-corrected chi connectivity index (χ1v) is 9.95. The summed E-state index contributed by atoms with van der Waals surface area (Å²) < 4.78 is 10.7. The third-order valence-electron chi connectivity index (χ3n) is 4.29. The van der Waals surface area contributed by atoms with E-state index in [9.17, 15) is 9.59 Å². The second kappa shape index (κ2) is 11.8. The number of anilines is 1. The molecule has 1 amide bonds. The van der Waals surface area contributed by atoms with Gasteiger partial charge in [0.2, 0.25) is 0 Å². The summed E-state index contributed by atoms with van der Waals surface area (Å²) in [6.07, 6.45) is 5.99. The fourth-order valence-electron chi connectivity index (χ4n) is 2.71. The molecule has 0 aliphatic heterocycles. The van der Waals surface area contributed by atoms with Gasteiger partial charge in [-0.1, -0.05) is 32.6 Å². The van der Waals surface area contributed by atoms with Gasteiger partial charge in [0.05, 0.1) is 18.8 Å². The van der Waals surface area contributed by atoms with Crippen molar-refractivity contribution in [2.75, 3.05) is 18.5 Å². The number of nitrogens with one attached hydrogen (secondary N) is 1. The van der Waals surface area contributed by atoms with Crippen LogP contribution in [0.15, 0.2) is 48.5 Å². The summed E-state index contributed by atoms with van der Waals surface area (Å²) >= 11 is 0. The lowest BCUT2D eigenvalue weighted by atomic mass is 10.1. The Labute approximate surface area is 167 Å². The Bertz CT molecular complexity index is 738. The normalized spacial score (nSPS) is 10.4. The first-order valence-electron chi connectivity index (χ1n) is 9.95. The molecule has 0 saturated carbocycles. The van der Waals surface area contributed by atoms with Crippen LogP contribution in [0, 0.1) is 0 Å². The summed E-state index contributed by atoms with van der Waals surface area (Å²) in [4.78, 5) is 24.0. The van der Waals surface area contributed by atoms with E-state index in [-0.39, 0.29) is 11.9 Å². The van der Waals surface area contributed by atoms with Gasteiger partial charge in [-0.25, -0.2) is 4.79 Å². The molecular formula is C23H29NO4. The zero-order valence-electron chi connectivity index (χ0n) is 16.7. The molecule has 0 aliphatic carbocycles. The molecule has 28 heavy (non-hydrogen) atoms. The van der Waals surface area contributed by atoms with Crippen molar-refractivity contribution in [3.8, 4) is 5.75 Å². The number of esters is 1. The lowest BCUT2D eigenvalue weighted by Crippen LogP contribution is -2.12. The fourth-order valence-corrected chi connectivity index (χ4v) is 2.71. The van der Waals surface area contributed by atoms with E-state index in [1.54, 1.807) is 43.3 Å². The van der Waals surface area contributed by atoms with Gasteiger partial charge in [-0.05, 0) is 61.9 Å². The molecule has 0 atom stereocenters. The van der Waals surface area contributed by atoms with E-state index in [1.165, 1.54) is 25.7 Å². The number of ether oxygens (including phenoxy) is 2. The average Bonchev–Trinajstić information content (AvgIpc) is 2.71. The molecule has 0 saturated heterocycles. The van der Waals surface area contributed by atoms with Gasteiger partial charge in [-0.3, -0.25) is 4.79 Å². The van der Waals surface area contributed by atoms with Gasteiger partial charge in [0, 0.05) is 11.3 Å². The van der Waals surface area contributed by atoms with E-state index in [1.807, 2.05) is 12.1 Å². The highest BCUT2D eigenvalue weighted by Gasteiger charge is 2.09. The molecule has 5 nitrogen and oxygen atoms in total. The second-order valence-electron chi connectivity index (χ2n) is 6.54. The lowest BCUT2D eigenvalue weighted by Gasteiger charge is -2.09. The molecule has 1 N–H and O–H groups in total. The van der Waals surface area contributed by atoms with Gasteiger partial charge >= 0.3 is 5.97 Å². The van der Waals surface area contributed by atoms with Gasteiger partial charge in [-0.2, -0.15) is 0 Å². The van der Waals surface area contributed by atoms with Crippen LogP contribution in [-0.4, -0.2) is 25.1 Å². The van der Waals surface area contributed by atoms with E-state index in [0.717, 1.165) is 12.2 Å². The number of hydrogen-bond donors (Lipinski definition) is 1. The second-order valence-corrected chi connectivity index (χ2v) is 6.54. The van der Waals surface area contributed by atoms with Gasteiger partial charge in [0.25, 0.3) is 5.91 Å². The standard InChI is InChI=1S/C23H29NO4/c1-3-5-6-7-8-17-28-21-15-11-18(12-16-21)22(25)24-20-13-9-19(10-14-20)23(26)27-4-2/h9-16H,3-8,17H2,1-2H3,(H,24,25). The van der Waals surface area contributed by atoms with Crippen LogP contribution < -0.4 is 10.1 Å². The molecule has 0 aliphatic rings. The number of carbonyl (C=O) groups is 2. The van der Waals surface area contributed by atoms with Crippen molar-refractivity contribution in [1.82, 2.24) is 0 Å². The topological polar surface area (TPSA) is 64.6 Å². The maximum Gasteiger partial charge on any atom is 0.338 e. The summed E-state index contributed by atoms with van der Waals surface area (Å²) in [6, 6.07) is 13.7. The minimum atomic E-state index is -0.374. The van der Waals surface area contributed by atoms with Gasteiger partial charge in [0.15, 0.2) is 0 Å². The highest BCUT2D eigenvalue weighted by atomic mass is 16.5. The van der Waals surface area contributed by atoms with Crippen molar-refractivity contribution >= 4 is 17.6 Å². The number of amides is 1. The molecule has 0 spiro atoms. The lowest BCUT2D eigenvalue weighted by molar-refractivity contribution is 0.0526. The van der Waals surface area contributed by atoms with Crippen LogP contribution in [0.5, 0.6) is 5.75 Å². The van der Waals surface area contributed by atoms with E-state index >= 15 is 0 Å².